The van der Waals surface area contributed by atoms with Crippen molar-refractivity contribution in [3.05, 3.63) is 27.7 Å². The van der Waals surface area contributed by atoms with E-state index in [4.69, 9.17) is 41.4 Å². The predicted molar refractivity (Wildman–Crippen MR) is 95.9 cm³/mol. The van der Waals surface area contributed by atoms with Gasteiger partial charge in [0.2, 0.25) is 0 Å². The maximum absolute atomic E-state index is 12.3. The molecule has 3 rings (SSSR count). The minimum atomic E-state index is -1.46. The van der Waals surface area contributed by atoms with E-state index >= 15 is 0 Å². The summed E-state index contributed by atoms with van der Waals surface area (Å²) in [5.41, 5.74) is 4.76. The van der Waals surface area contributed by atoms with Crippen LogP contribution in [0.15, 0.2) is 21.3 Å². The monoisotopic (exact) mass is 400 g/mol. The highest BCUT2D eigenvalue weighted by Crippen LogP contribution is 2.35. The molecule has 2 aromatic rings. The normalized spacial score (nSPS) is 15.7. The molecular weight excluding hydrogens is 380 g/mol. The summed E-state index contributed by atoms with van der Waals surface area (Å²) in [4.78, 5) is 24.6. The SMILES string of the molecule is CC(C(=O)OCC(N)(CO)CO)n1c(=O)oc2cc(OC3CC3)c(Cl)cc21. The second-order valence-corrected chi connectivity index (χ2v) is 7.18. The largest absolute Gasteiger partial charge is 0.489 e. The number of nitrogens with zero attached hydrogens (tertiary/aromatic N) is 1. The molecule has 0 saturated heterocycles. The van der Waals surface area contributed by atoms with Crippen molar-refractivity contribution < 1.29 is 28.9 Å². The van der Waals surface area contributed by atoms with Crippen LogP contribution in [0.25, 0.3) is 11.1 Å². The minimum absolute atomic E-state index is 0.122. The van der Waals surface area contributed by atoms with Gasteiger partial charge in [-0.3, -0.25) is 4.57 Å². The van der Waals surface area contributed by atoms with E-state index in [0.717, 1.165) is 17.4 Å². The summed E-state index contributed by atoms with van der Waals surface area (Å²) < 4.78 is 17.0. The third-order valence-electron chi connectivity index (χ3n) is 4.35. The van der Waals surface area contributed by atoms with Crippen LogP contribution in [-0.4, -0.2) is 52.2 Å². The molecule has 1 atom stereocenters. The summed E-state index contributed by atoms with van der Waals surface area (Å²) in [7, 11) is 0. The fourth-order valence-electron chi connectivity index (χ4n) is 2.44. The number of carbonyl (C=O) groups excluding carboxylic acids is 1. The standard InChI is InChI=1S/C17H21ClN2O7/c1-9(15(23)25-8-17(19,6-21)7-22)20-12-4-11(18)13(26-10-2-3-10)5-14(12)27-16(20)24/h4-5,9-10,21-22H,2-3,6-8,19H2,1H3. The Morgan fingerprint density at radius 3 is 2.70 bits per heavy atom. The van der Waals surface area contributed by atoms with E-state index in [2.05, 4.69) is 0 Å². The average Bonchev–Trinajstić information content (AvgIpc) is 3.41. The third kappa shape index (κ3) is 4.11. The molecule has 27 heavy (non-hydrogen) atoms. The van der Waals surface area contributed by atoms with Gasteiger partial charge in [-0.25, -0.2) is 9.59 Å². The Morgan fingerprint density at radius 1 is 1.44 bits per heavy atom. The lowest BCUT2D eigenvalue weighted by Crippen LogP contribution is -2.52. The number of carbonyl (C=O) groups is 1. The molecule has 1 aromatic heterocycles. The van der Waals surface area contributed by atoms with Gasteiger partial charge < -0.3 is 29.8 Å². The van der Waals surface area contributed by atoms with Gasteiger partial charge in [0.15, 0.2) is 5.58 Å². The van der Waals surface area contributed by atoms with Gasteiger partial charge in [0.05, 0.1) is 35.4 Å². The molecule has 0 amide bonds. The predicted octanol–water partition coefficient (Wildman–Crippen LogP) is 0.575. The molecule has 10 heteroatoms. The van der Waals surface area contributed by atoms with Gasteiger partial charge in [0, 0.05) is 6.07 Å². The average molecular weight is 401 g/mol. The molecule has 0 spiro atoms. The van der Waals surface area contributed by atoms with E-state index in [1.165, 1.54) is 19.1 Å². The molecule has 0 radical (unpaired) electrons. The van der Waals surface area contributed by atoms with Crippen LogP contribution in [0.4, 0.5) is 0 Å². The molecule has 1 saturated carbocycles. The zero-order chi connectivity index (χ0) is 19.8. The molecular formula is C17H21ClN2O7. The van der Waals surface area contributed by atoms with E-state index in [1.807, 2.05) is 0 Å². The highest BCUT2D eigenvalue weighted by molar-refractivity contribution is 6.32. The van der Waals surface area contributed by atoms with E-state index < -0.39 is 43.1 Å². The number of benzene rings is 1. The zero-order valence-electron chi connectivity index (χ0n) is 14.7. The topological polar surface area (TPSA) is 137 Å². The maximum Gasteiger partial charge on any atom is 0.420 e. The summed E-state index contributed by atoms with van der Waals surface area (Å²) in [5.74, 6) is -1.11. The second kappa shape index (κ2) is 7.51. The number of oxazole rings is 1. The van der Waals surface area contributed by atoms with Gasteiger partial charge in [-0.05, 0) is 25.8 Å². The fourth-order valence-corrected chi connectivity index (χ4v) is 2.64. The fraction of sp³-hybridized carbons (Fsp3) is 0.529. The van der Waals surface area contributed by atoms with Crippen LogP contribution >= 0.6 is 11.6 Å². The number of halogens is 1. The highest BCUT2D eigenvalue weighted by atomic mass is 35.5. The summed E-state index contributed by atoms with van der Waals surface area (Å²) in [6, 6.07) is 1.98. The van der Waals surface area contributed by atoms with Crippen molar-refractivity contribution in [1.82, 2.24) is 4.57 Å². The number of aliphatic hydroxyl groups is 2. The number of hydrogen-bond acceptors (Lipinski definition) is 8. The number of hydrogen-bond donors (Lipinski definition) is 3. The van der Waals surface area contributed by atoms with Crippen LogP contribution in [0.3, 0.4) is 0 Å². The Hall–Kier alpha value is -2.07. The molecule has 4 N–H and O–H groups in total. The van der Waals surface area contributed by atoms with E-state index in [1.54, 1.807) is 0 Å². The Kier molecular flexibility index (Phi) is 5.48. The lowest BCUT2D eigenvalue weighted by molar-refractivity contribution is -0.150. The quantitative estimate of drug-likeness (QED) is 0.547. The van der Waals surface area contributed by atoms with Crippen molar-refractivity contribution in [3.63, 3.8) is 0 Å². The number of nitrogens with two attached hydrogens (primary N) is 1. The van der Waals surface area contributed by atoms with Crippen LogP contribution in [0.1, 0.15) is 25.8 Å². The van der Waals surface area contributed by atoms with Crippen molar-refractivity contribution >= 4 is 28.7 Å². The molecule has 0 bridgehead atoms. The van der Waals surface area contributed by atoms with Crippen molar-refractivity contribution in [2.45, 2.75) is 37.5 Å². The smallest absolute Gasteiger partial charge is 0.420 e. The molecule has 1 aromatic carbocycles. The minimum Gasteiger partial charge on any atom is -0.489 e. The second-order valence-electron chi connectivity index (χ2n) is 6.77. The summed E-state index contributed by atoms with van der Waals surface area (Å²) >= 11 is 6.23. The first-order chi connectivity index (χ1) is 12.8. The van der Waals surface area contributed by atoms with Crippen LogP contribution in [-0.2, 0) is 9.53 Å². The molecule has 0 aliphatic heterocycles. The van der Waals surface area contributed by atoms with Crippen molar-refractivity contribution in [2.75, 3.05) is 19.8 Å². The van der Waals surface area contributed by atoms with Gasteiger partial charge in [-0.15, -0.1) is 0 Å². The number of aliphatic hydroxyl groups excluding tert-OH is 2. The van der Waals surface area contributed by atoms with E-state index in [-0.39, 0.29) is 11.7 Å². The molecule has 1 fully saturated rings. The molecule has 1 heterocycles. The number of fused-ring (bicyclic) bond motifs is 1. The highest BCUT2D eigenvalue weighted by Gasteiger charge is 2.30. The van der Waals surface area contributed by atoms with Crippen molar-refractivity contribution in [3.8, 4) is 5.75 Å². The Balaban J connectivity index is 1.84. The van der Waals surface area contributed by atoms with E-state index in [0.29, 0.717) is 16.3 Å². The van der Waals surface area contributed by atoms with Gasteiger partial charge >= 0.3 is 11.7 Å². The molecule has 1 aliphatic rings. The number of esters is 1. The maximum atomic E-state index is 12.3. The van der Waals surface area contributed by atoms with E-state index in [9.17, 15) is 9.59 Å². The zero-order valence-corrected chi connectivity index (χ0v) is 15.4. The number of ether oxygens (including phenoxy) is 2. The van der Waals surface area contributed by atoms with Gasteiger partial charge in [0.1, 0.15) is 18.4 Å². The van der Waals surface area contributed by atoms with Crippen LogP contribution in [0.5, 0.6) is 5.75 Å². The molecule has 1 unspecified atom stereocenters. The lowest BCUT2D eigenvalue weighted by atomic mass is 10.1. The van der Waals surface area contributed by atoms with Gasteiger partial charge in [-0.2, -0.15) is 0 Å². The van der Waals surface area contributed by atoms with Crippen LogP contribution in [0, 0.1) is 0 Å². The molecule has 1 aliphatic carbocycles. The first-order valence-corrected chi connectivity index (χ1v) is 8.84. The Bertz CT molecular complexity index is 899. The van der Waals surface area contributed by atoms with Crippen LogP contribution < -0.4 is 16.2 Å². The third-order valence-corrected chi connectivity index (χ3v) is 4.64. The summed E-state index contributed by atoms with van der Waals surface area (Å²) in [6.45, 7) is -0.0939. The Labute approximate surface area is 159 Å². The first-order valence-electron chi connectivity index (χ1n) is 8.46. The Morgan fingerprint density at radius 2 is 2.11 bits per heavy atom. The number of aromatic nitrogens is 1. The lowest BCUT2D eigenvalue weighted by Gasteiger charge is -2.24. The van der Waals surface area contributed by atoms with Crippen molar-refractivity contribution in [1.29, 1.82) is 0 Å². The number of rotatable bonds is 8. The van der Waals surface area contributed by atoms with Gasteiger partial charge in [0.25, 0.3) is 0 Å². The molecule has 148 valence electrons. The summed E-state index contributed by atoms with van der Waals surface area (Å²) in [6.07, 6.45) is 2.02. The van der Waals surface area contributed by atoms with Crippen molar-refractivity contribution in [2.24, 2.45) is 5.73 Å². The van der Waals surface area contributed by atoms with Crippen LogP contribution in [0.2, 0.25) is 5.02 Å². The first kappa shape index (κ1) is 19.7. The van der Waals surface area contributed by atoms with Gasteiger partial charge in [-0.1, -0.05) is 11.6 Å². The summed E-state index contributed by atoms with van der Waals surface area (Å²) in [5, 5.41) is 18.6. The molecule has 9 nitrogen and oxygen atoms in total.